The molecule has 1 fully saturated rings. The highest BCUT2D eigenvalue weighted by Gasteiger charge is 2.27. The lowest BCUT2D eigenvalue weighted by atomic mass is 10.2. The summed E-state index contributed by atoms with van der Waals surface area (Å²) in [5.74, 6) is -0.693. The van der Waals surface area contributed by atoms with Gasteiger partial charge in [0.15, 0.2) is 9.84 Å². The van der Waals surface area contributed by atoms with E-state index in [1.165, 1.54) is 23.9 Å². The average Bonchev–Trinajstić information content (AvgIpc) is 3.17. The number of amides is 2. The van der Waals surface area contributed by atoms with Crippen molar-refractivity contribution in [2.24, 2.45) is 0 Å². The van der Waals surface area contributed by atoms with Crippen LogP contribution in [0.5, 0.6) is 0 Å². The van der Waals surface area contributed by atoms with Crippen molar-refractivity contribution in [1.29, 1.82) is 0 Å². The van der Waals surface area contributed by atoms with Gasteiger partial charge in [0.2, 0.25) is 11.8 Å². The van der Waals surface area contributed by atoms with Crippen LogP contribution >= 0.6 is 11.8 Å². The van der Waals surface area contributed by atoms with Gasteiger partial charge in [0.1, 0.15) is 0 Å². The minimum absolute atomic E-state index is 0.0271. The van der Waals surface area contributed by atoms with Crippen LogP contribution in [0, 0.1) is 0 Å². The minimum Gasteiger partial charge on any atom is -0.376 e. The first-order valence-electron chi connectivity index (χ1n) is 9.11. The van der Waals surface area contributed by atoms with E-state index in [2.05, 4.69) is 10.6 Å². The summed E-state index contributed by atoms with van der Waals surface area (Å²) >= 11 is 1.44. The highest BCUT2D eigenvalue weighted by atomic mass is 32.2. The Bertz CT molecular complexity index is 819. The molecule has 2 unspecified atom stereocenters. The molecular formula is C18H24N2O5S2. The van der Waals surface area contributed by atoms with E-state index < -0.39 is 9.84 Å². The smallest absolute Gasteiger partial charge is 0.237 e. The third-order valence-electron chi connectivity index (χ3n) is 4.65. The van der Waals surface area contributed by atoms with Crippen molar-refractivity contribution < 1.29 is 22.7 Å². The Morgan fingerprint density at radius 1 is 1.41 bits per heavy atom. The van der Waals surface area contributed by atoms with Crippen LogP contribution in [0.3, 0.4) is 0 Å². The Labute approximate surface area is 163 Å². The summed E-state index contributed by atoms with van der Waals surface area (Å²) in [5.41, 5.74) is 0.513. The van der Waals surface area contributed by atoms with E-state index in [0.29, 0.717) is 25.3 Å². The minimum atomic E-state index is -3.62. The van der Waals surface area contributed by atoms with Gasteiger partial charge in [-0.3, -0.25) is 9.59 Å². The fraction of sp³-hybridized carbons (Fsp3) is 0.556. The Hall–Kier alpha value is -1.58. The Balaban J connectivity index is 1.59. The Morgan fingerprint density at radius 3 is 2.93 bits per heavy atom. The first-order chi connectivity index (χ1) is 12.9. The van der Waals surface area contributed by atoms with Crippen LogP contribution in [0.25, 0.3) is 0 Å². The SMILES string of the molecule is CCC1Sc2ccc(S(=O)(=O)CCC(=O)NCC3CCCO3)cc2NC1=O. The number of carbonyl (C=O) groups is 2. The van der Waals surface area contributed by atoms with Crippen molar-refractivity contribution in [3.8, 4) is 0 Å². The molecule has 0 radical (unpaired) electrons. The molecule has 2 amide bonds. The molecule has 9 heteroatoms. The summed E-state index contributed by atoms with van der Waals surface area (Å²) in [7, 11) is -3.62. The maximum Gasteiger partial charge on any atom is 0.237 e. The van der Waals surface area contributed by atoms with Crippen molar-refractivity contribution in [3.63, 3.8) is 0 Å². The quantitative estimate of drug-likeness (QED) is 0.710. The summed E-state index contributed by atoms with van der Waals surface area (Å²) in [6.45, 7) is 3.06. The van der Waals surface area contributed by atoms with Gasteiger partial charge in [-0.1, -0.05) is 6.92 Å². The second kappa shape index (κ2) is 8.62. The lowest BCUT2D eigenvalue weighted by Crippen LogP contribution is -2.32. The van der Waals surface area contributed by atoms with E-state index in [4.69, 9.17) is 4.74 Å². The largest absolute Gasteiger partial charge is 0.376 e. The predicted octanol–water partition coefficient (Wildman–Crippen LogP) is 1.97. The maximum atomic E-state index is 12.6. The molecule has 148 valence electrons. The fourth-order valence-electron chi connectivity index (χ4n) is 3.06. The number of rotatable bonds is 7. The number of fused-ring (bicyclic) bond motifs is 1. The number of benzene rings is 1. The van der Waals surface area contributed by atoms with E-state index in [-0.39, 0.29) is 40.2 Å². The molecule has 2 N–H and O–H groups in total. The second-order valence-electron chi connectivity index (χ2n) is 6.67. The molecule has 2 heterocycles. The zero-order chi connectivity index (χ0) is 19.4. The molecule has 1 aromatic rings. The van der Waals surface area contributed by atoms with E-state index in [0.717, 1.165) is 17.7 Å². The lowest BCUT2D eigenvalue weighted by molar-refractivity contribution is -0.121. The van der Waals surface area contributed by atoms with Gasteiger partial charge < -0.3 is 15.4 Å². The van der Waals surface area contributed by atoms with Crippen LogP contribution in [-0.2, 0) is 24.2 Å². The van der Waals surface area contributed by atoms with Gasteiger partial charge in [0.25, 0.3) is 0 Å². The van der Waals surface area contributed by atoms with Gasteiger partial charge in [0, 0.05) is 24.5 Å². The Morgan fingerprint density at radius 2 is 2.22 bits per heavy atom. The zero-order valence-electron chi connectivity index (χ0n) is 15.2. The second-order valence-corrected chi connectivity index (χ2v) is 10.0. The summed E-state index contributed by atoms with van der Waals surface area (Å²) in [6.07, 6.45) is 2.53. The van der Waals surface area contributed by atoms with Crippen molar-refractivity contribution in [2.75, 3.05) is 24.2 Å². The van der Waals surface area contributed by atoms with Crippen molar-refractivity contribution in [2.45, 2.75) is 53.8 Å². The standard InChI is InChI=1S/C18H24N2O5S2/c1-2-15-18(22)20-14-10-13(5-6-16(14)26-15)27(23,24)9-7-17(21)19-11-12-4-3-8-25-12/h5-6,10,12,15H,2-4,7-9,11H2,1H3,(H,19,21)(H,20,22). The molecule has 1 saturated heterocycles. The van der Waals surface area contributed by atoms with Crippen molar-refractivity contribution in [1.82, 2.24) is 5.32 Å². The molecule has 2 aliphatic heterocycles. The molecule has 0 spiro atoms. The van der Waals surface area contributed by atoms with Crippen molar-refractivity contribution in [3.05, 3.63) is 18.2 Å². The maximum absolute atomic E-state index is 12.6. The van der Waals surface area contributed by atoms with E-state index >= 15 is 0 Å². The normalized spacial score (nSPS) is 22.2. The fourth-order valence-corrected chi connectivity index (χ4v) is 5.34. The van der Waals surface area contributed by atoms with Crippen LogP contribution in [0.1, 0.15) is 32.6 Å². The van der Waals surface area contributed by atoms with Gasteiger partial charge in [-0.2, -0.15) is 0 Å². The first kappa shape index (κ1) is 20.2. The molecule has 0 bridgehead atoms. The Kier molecular flexibility index (Phi) is 6.44. The van der Waals surface area contributed by atoms with Crippen LogP contribution in [-0.4, -0.2) is 50.5 Å². The number of nitrogens with one attached hydrogen (secondary N) is 2. The molecule has 3 rings (SSSR count). The number of hydrogen-bond acceptors (Lipinski definition) is 6. The predicted molar refractivity (Wildman–Crippen MR) is 104 cm³/mol. The van der Waals surface area contributed by atoms with Crippen LogP contribution < -0.4 is 10.6 Å². The monoisotopic (exact) mass is 412 g/mol. The molecule has 2 atom stereocenters. The molecule has 0 aliphatic carbocycles. The van der Waals surface area contributed by atoms with Crippen LogP contribution in [0.15, 0.2) is 28.0 Å². The molecule has 0 saturated carbocycles. The number of hydrogen-bond donors (Lipinski definition) is 2. The average molecular weight is 413 g/mol. The topological polar surface area (TPSA) is 102 Å². The molecule has 7 nitrogen and oxygen atoms in total. The van der Waals surface area contributed by atoms with Gasteiger partial charge in [-0.25, -0.2) is 8.42 Å². The summed E-state index contributed by atoms with van der Waals surface area (Å²) in [6, 6.07) is 4.73. The first-order valence-corrected chi connectivity index (χ1v) is 11.6. The van der Waals surface area contributed by atoms with Gasteiger partial charge in [-0.15, -0.1) is 11.8 Å². The number of ether oxygens (including phenoxy) is 1. The number of anilines is 1. The highest BCUT2D eigenvalue weighted by Crippen LogP contribution is 2.38. The third-order valence-corrected chi connectivity index (χ3v) is 7.80. The van der Waals surface area contributed by atoms with E-state index in [9.17, 15) is 18.0 Å². The van der Waals surface area contributed by atoms with Crippen molar-refractivity contribution >= 4 is 39.1 Å². The van der Waals surface area contributed by atoms with Crippen LogP contribution in [0.2, 0.25) is 0 Å². The number of thioether (sulfide) groups is 1. The third kappa shape index (κ3) is 5.03. The molecule has 27 heavy (non-hydrogen) atoms. The lowest BCUT2D eigenvalue weighted by Gasteiger charge is -2.23. The van der Waals surface area contributed by atoms with E-state index in [1.807, 2.05) is 6.92 Å². The molecule has 1 aromatic carbocycles. The van der Waals surface area contributed by atoms with Gasteiger partial charge >= 0.3 is 0 Å². The zero-order valence-corrected chi connectivity index (χ0v) is 16.8. The molecule has 0 aromatic heterocycles. The summed E-state index contributed by atoms with van der Waals surface area (Å²) < 4.78 is 30.5. The van der Waals surface area contributed by atoms with Gasteiger partial charge in [0.05, 0.1) is 27.7 Å². The molecular weight excluding hydrogens is 388 g/mol. The summed E-state index contributed by atoms with van der Waals surface area (Å²) in [5, 5.41) is 5.34. The summed E-state index contributed by atoms with van der Waals surface area (Å²) in [4.78, 5) is 24.9. The highest BCUT2D eigenvalue weighted by molar-refractivity contribution is 8.01. The van der Waals surface area contributed by atoms with E-state index in [1.54, 1.807) is 6.07 Å². The van der Waals surface area contributed by atoms with Crippen LogP contribution in [0.4, 0.5) is 5.69 Å². The molecule has 2 aliphatic rings. The number of carbonyl (C=O) groups excluding carboxylic acids is 2. The number of sulfone groups is 1. The van der Waals surface area contributed by atoms with Gasteiger partial charge in [-0.05, 0) is 37.5 Å².